The van der Waals surface area contributed by atoms with Crippen LogP contribution in [0.3, 0.4) is 0 Å². The maximum absolute atomic E-state index is 9.89. The van der Waals surface area contributed by atoms with Crippen molar-refractivity contribution in [2.24, 2.45) is 0 Å². The fraction of sp³-hybridized carbons (Fsp3) is 0.500. The minimum absolute atomic E-state index is 0.00455. The van der Waals surface area contributed by atoms with E-state index in [0.717, 1.165) is 12.8 Å². The Kier molecular flexibility index (Phi) is 6.98. The summed E-state index contributed by atoms with van der Waals surface area (Å²) in [6.07, 6.45) is 8.52. The zero-order valence-corrected chi connectivity index (χ0v) is 5.68. The molecule has 0 aromatic heterocycles. The molecule has 0 atom stereocenters. The number of hydrogen-bond acceptors (Lipinski definition) is 0. The highest BCUT2D eigenvalue weighted by molar-refractivity contribution is 4.83. The molecule has 9 heavy (non-hydrogen) atoms. The highest BCUT2D eigenvalue weighted by Gasteiger charge is 1.75. The van der Waals surface area contributed by atoms with Crippen LogP contribution in [0.1, 0.15) is 19.3 Å². The SMILES string of the molecule is C=CCCC=CCC[O]. The summed E-state index contributed by atoms with van der Waals surface area (Å²) in [5.74, 6) is 0. The molecule has 0 spiro atoms. The van der Waals surface area contributed by atoms with Crippen molar-refractivity contribution in [2.75, 3.05) is 6.61 Å². The molecule has 0 aliphatic rings. The van der Waals surface area contributed by atoms with E-state index in [1.807, 2.05) is 18.2 Å². The summed E-state index contributed by atoms with van der Waals surface area (Å²) in [5, 5.41) is 9.89. The normalized spacial score (nSPS) is 10.3. The van der Waals surface area contributed by atoms with E-state index in [9.17, 15) is 5.11 Å². The summed E-state index contributed by atoms with van der Waals surface area (Å²) < 4.78 is 0. The Morgan fingerprint density at radius 2 is 1.78 bits per heavy atom. The lowest BCUT2D eigenvalue weighted by atomic mass is 10.3. The molecular weight excluding hydrogens is 112 g/mol. The second-order valence-corrected chi connectivity index (χ2v) is 1.83. The van der Waals surface area contributed by atoms with Gasteiger partial charge in [0, 0.05) is 0 Å². The van der Waals surface area contributed by atoms with E-state index in [-0.39, 0.29) is 6.61 Å². The second kappa shape index (κ2) is 7.44. The molecule has 0 aromatic rings. The number of allylic oxidation sites excluding steroid dienone is 2. The number of hydrogen-bond donors (Lipinski definition) is 0. The predicted octanol–water partition coefficient (Wildman–Crippen LogP) is 2.33. The van der Waals surface area contributed by atoms with Crippen LogP contribution in [0.15, 0.2) is 24.8 Å². The summed E-state index contributed by atoms with van der Waals surface area (Å²) in [6.45, 7) is 3.59. The molecule has 1 heteroatoms. The van der Waals surface area contributed by atoms with Gasteiger partial charge < -0.3 is 0 Å². The maximum Gasteiger partial charge on any atom is 0.0856 e. The molecule has 0 saturated carbocycles. The van der Waals surface area contributed by atoms with Crippen LogP contribution in [-0.2, 0) is 5.11 Å². The van der Waals surface area contributed by atoms with Gasteiger partial charge in [-0.1, -0.05) is 18.2 Å². The van der Waals surface area contributed by atoms with Gasteiger partial charge >= 0.3 is 0 Å². The lowest BCUT2D eigenvalue weighted by Gasteiger charge is -1.83. The third-order valence-corrected chi connectivity index (χ3v) is 0.989. The van der Waals surface area contributed by atoms with Gasteiger partial charge in [0.15, 0.2) is 0 Å². The quantitative estimate of drug-likeness (QED) is 0.397. The van der Waals surface area contributed by atoms with Crippen molar-refractivity contribution in [2.45, 2.75) is 19.3 Å². The van der Waals surface area contributed by atoms with E-state index in [1.54, 1.807) is 0 Å². The fourth-order valence-electron chi connectivity index (χ4n) is 0.518. The first-order valence-electron chi connectivity index (χ1n) is 3.26. The van der Waals surface area contributed by atoms with E-state index >= 15 is 0 Å². The molecule has 1 nitrogen and oxygen atoms in total. The Bertz CT molecular complexity index is 84.6. The molecule has 0 bridgehead atoms. The van der Waals surface area contributed by atoms with Crippen LogP contribution < -0.4 is 0 Å². The van der Waals surface area contributed by atoms with Crippen molar-refractivity contribution in [1.82, 2.24) is 0 Å². The van der Waals surface area contributed by atoms with Crippen molar-refractivity contribution in [3.63, 3.8) is 0 Å². The third-order valence-electron chi connectivity index (χ3n) is 0.989. The van der Waals surface area contributed by atoms with Crippen LogP contribution in [-0.4, -0.2) is 6.61 Å². The molecule has 0 fully saturated rings. The number of unbranched alkanes of at least 4 members (excludes halogenated alkanes) is 1. The van der Waals surface area contributed by atoms with E-state index < -0.39 is 0 Å². The Balaban J connectivity index is 2.94. The van der Waals surface area contributed by atoms with Gasteiger partial charge in [-0.25, -0.2) is 5.11 Å². The van der Waals surface area contributed by atoms with E-state index in [2.05, 4.69) is 6.58 Å². The first-order valence-corrected chi connectivity index (χ1v) is 3.26. The average Bonchev–Trinajstić information content (AvgIpc) is 1.89. The van der Waals surface area contributed by atoms with Gasteiger partial charge in [-0.05, 0) is 19.3 Å². The monoisotopic (exact) mass is 125 g/mol. The van der Waals surface area contributed by atoms with Crippen LogP contribution in [0.5, 0.6) is 0 Å². The molecule has 0 aliphatic heterocycles. The molecule has 0 N–H and O–H groups in total. The van der Waals surface area contributed by atoms with Crippen LogP contribution in [0, 0.1) is 0 Å². The van der Waals surface area contributed by atoms with Crippen molar-refractivity contribution < 1.29 is 5.11 Å². The number of rotatable bonds is 5. The largest absolute Gasteiger partial charge is 0.236 e. The Labute approximate surface area is 56.7 Å². The van der Waals surface area contributed by atoms with E-state index in [1.165, 1.54) is 0 Å². The molecule has 1 radical (unpaired) electrons. The molecule has 0 heterocycles. The molecule has 0 saturated heterocycles. The zero-order valence-electron chi connectivity index (χ0n) is 5.68. The molecular formula is C8H13O. The van der Waals surface area contributed by atoms with Crippen molar-refractivity contribution in [1.29, 1.82) is 0 Å². The van der Waals surface area contributed by atoms with Gasteiger partial charge in [-0.15, -0.1) is 6.58 Å². The Hall–Kier alpha value is -0.560. The van der Waals surface area contributed by atoms with Gasteiger partial charge in [0.2, 0.25) is 0 Å². The first-order chi connectivity index (χ1) is 4.41. The molecule has 0 rings (SSSR count). The smallest absolute Gasteiger partial charge is 0.0856 e. The Morgan fingerprint density at radius 3 is 2.33 bits per heavy atom. The lowest BCUT2D eigenvalue weighted by Crippen LogP contribution is -1.72. The van der Waals surface area contributed by atoms with Gasteiger partial charge in [-0.3, -0.25) is 0 Å². The highest BCUT2D eigenvalue weighted by Crippen LogP contribution is 1.91. The summed E-state index contributed by atoms with van der Waals surface area (Å²) >= 11 is 0. The predicted molar refractivity (Wildman–Crippen MR) is 38.7 cm³/mol. The van der Waals surface area contributed by atoms with E-state index in [0.29, 0.717) is 6.42 Å². The van der Waals surface area contributed by atoms with Crippen molar-refractivity contribution >= 4 is 0 Å². The standard InChI is InChI=1S/C8H13O/c1-2-3-4-5-6-7-8-9/h2,5-6H,1,3-4,7-8H2. The van der Waals surface area contributed by atoms with Crippen LogP contribution in [0.2, 0.25) is 0 Å². The summed E-state index contributed by atoms with van der Waals surface area (Å²) in [6, 6.07) is 0. The fourth-order valence-corrected chi connectivity index (χ4v) is 0.518. The summed E-state index contributed by atoms with van der Waals surface area (Å²) in [5.41, 5.74) is 0. The van der Waals surface area contributed by atoms with Gasteiger partial charge in [-0.2, -0.15) is 0 Å². The minimum Gasteiger partial charge on any atom is -0.236 e. The zero-order chi connectivity index (χ0) is 6.95. The van der Waals surface area contributed by atoms with Crippen molar-refractivity contribution in [3.05, 3.63) is 24.8 Å². The lowest BCUT2D eigenvalue weighted by molar-refractivity contribution is 0.199. The third kappa shape index (κ3) is 7.44. The molecule has 51 valence electrons. The van der Waals surface area contributed by atoms with Gasteiger partial charge in [0.05, 0.1) is 6.61 Å². The first kappa shape index (κ1) is 8.44. The summed E-state index contributed by atoms with van der Waals surface area (Å²) in [7, 11) is 0. The van der Waals surface area contributed by atoms with Gasteiger partial charge in [0.25, 0.3) is 0 Å². The van der Waals surface area contributed by atoms with Crippen LogP contribution in [0.25, 0.3) is 0 Å². The minimum atomic E-state index is 0.00455. The van der Waals surface area contributed by atoms with Crippen molar-refractivity contribution in [3.8, 4) is 0 Å². The van der Waals surface area contributed by atoms with Gasteiger partial charge in [0.1, 0.15) is 0 Å². The van der Waals surface area contributed by atoms with Crippen LogP contribution >= 0.6 is 0 Å². The van der Waals surface area contributed by atoms with E-state index in [4.69, 9.17) is 0 Å². The maximum atomic E-state index is 9.89. The highest BCUT2D eigenvalue weighted by atomic mass is 16.2. The molecule has 0 aromatic carbocycles. The Morgan fingerprint density at radius 1 is 1.11 bits per heavy atom. The molecule has 0 aliphatic carbocycles. The summed E-state index contributed by atoms with van der Waals surface area (Å²) in [4.78, 5) is 0. The topological polar surface area (TPSA) is 19.9 Å². The van der Waals surface area contributed by atoms with Crippen LogP contribution in [0.4, 0.5) is 0 Å². The second-order valence-electron chi connectivity index (χ2n) is 1.83. The average molecular weight is 125 g/mol. The molecule has 0 unspecified atom stereocenters. The molecule has 0 amide bonds.